The van der Waals surface area contributed by atoms with Gasteiger partial charge in [0.25, 0.3) is 0 Å². The Labute approximate surface area is 108 Å². The van der Waals surface area contributed by atoms with E-state index in [9.17, 15) is 4.79 Å². The van der Waals surface area contributed by atoms with Crippen LogP contribution in [0.15, 0.2) is 11.6 Å². The Kier molecular flexibility index (Phi) is 2.29. The smallest absolute Gasteiger partial charge is 0.189 e. The van der Waals surface area contributed by atoms with Crippen molar-refractivity contribution >= 4 is 5.78 Å². The number of nitrogens with zero attached hydrogens (tertiary/aromatic N) is 1. The van der Waals surface area contributed by atoms with Crippen molar-refractivity contribution in [2.24, 2.45) is 17.3 Å². The summed E-state index contributed by atoms with van der Waals surface area (Å²) in [5, 5.41) is 9.10. The number of ketones is 1. The van der Waals surface area contributed by atoms with Crippen molar-refractivity contribution in [3.63, 3.8) is 0 Å². The summed E-state index contributed by atoms with van der Waals surface area (Å²) in [6, 6.07) is 2.12. The topological polar surface area (TPSA) is 50.1 Å². The average Bonchev–Trinajstić information content (AvgIpc) is 2.71. The van der Waals surface area contributed by atoms with Gasteiger partial charge in [0.05, 0.1) is 17.7 Å². The van der Waals surface area contributed by atoms with E-state index in [1.807, 2.05) is 0 Å². The Hall–Kier alpha value is -1.14. The standard InChI is InChI=1S/C15H19NO2/c1-9(2)11-4-5-15-13(17)6-10(8-16)12(18-15)7-14(11,15)3/h6,9,11-12H,4-5,7H2,1-3H3/t11-,12-,14-,15-/m1/s1. The summed E-state index contributed by atoms with van der Waals surface area (Å²) in [7, 11) is 0. The minimum Gasteiger partial charge on any atom is -0.358 e. The number of hydrogen-bond acceptors (Lipinski definition) is 3. The van der Waals surface area contributed by atoms with Crippen LogP contribution in [-0.2, 0) is 9.53 Å². The average molecular weight is 245 g/mol. The lowest BCUT2D eigenvalue weighted by atomic mass is 9.66. The zero-order valence-corrected chi connectivity index (χ0v) is 11.2. The van der Waals surface area contributed by atoms with Gasteiger partial charge in [0.15, 0.2) is 5.78 Å². The van der Waals surface area contributed by atoms with Crippen molar-refractivity contribution in [2.75, 3.05) is 0 Å². The maximum Gasteiger partial charge on any atom is 0.189 e. The van der Waals surface area contributed by atoms with Gasteiger partial charge in [-0.05, 0) is 31.1 Å². The predicted molar refractivity (Wildman–Crippen MR) is 66.6 cm³/mol. The Morgan fingerprint density at radius 2 is 2.28 bits per heavy atom. The van der Waals surface area contributed by atoms with Gasteiger partial charge in [-0.3, -0.25) is 4.79 Å². The fourth-order valence-corrected chi connectivity index (χ4v) is 4.60. The highest BCUT2D eigenvalue weighted by molar-refractivity contribution is 6.01. The number of rotatable bonds is 1. The zero-order valence-electron chi connectivity index (χ0n) is 11.2. The maximum absolute atomic E-state index is 12.4. The van der Waals surface area contributed by atoms with E-state index in [1.165, 1.54) is 0 Å². The third-order valence-corrected chi connectivity index (χ3v) is 5.47. The number of hydrogen-bond donors (Lipinski definition) is 0. The van der Waals surface area contributed by atoms with Crippen molar-refractivity contribution in [2.45, 2.75) is 51.7 Å². The van der Waals surface area contributed by atoms with Crippen LogP contribution in [0.4, 0.5) is 0 Å². The molecule has 3 heteroatoms. The van der Waals surface area contributed by atoms with Gasteiger partial charge < -0.3 is 4.74 Å². The van der Waals surface area contributed by atoms with Crippen LogP contribution < -0.4 is 0 Å². The summed E-state index contributed by atoms with van der Waals surface area (Å²) in [6.07, 6.45) is 4.08. The molecule has 0 aromatic carbocycles. The van der Waals surface area contributed by atoms with E-state index in [2.05, 4.69) is 26.8 Å². The van der Waals surface area contributed by atoms with E-state index < -0.39 is 5.60 Å². The van der Waals surface area contributed by atoms with Gasteiger partial charge in [-0.25, -0.2) is 0 Å². The highest BCUT2D eigenvalue weighted by Crippen LogP contribution is 2.64. The Balaban J connectivity index is 2.09. The lowest BCUT2D eigenvalue weighted by Gasteiger charge is -2.39. The summed E-state index contributed by atoms with van der Waals surface area (Å²) in [5.74, 6) is 1.09. The normalized spacial score (nSPS) is 45.9. The van der Waals surface area contributed by atoms with E-state index in [0.717, 1.165) is 19.3 Å². The van der Waals surface area contributed by atoms with Crippen LogP contribution in [0.1, 0.15) is 40.0 Å². The molecule has 96 valence electrons. The molecule has 1 saturated carbocycles. The van der Waals surface area contributed by atoms with Crippen molar-refractivity contribution in [3.05, 3.63) is 11.6 Å². The predicted octanol–water partition coefficient (Wildman–Crippen LogP) is 2.62. The third-order valence-electron chi connectivity index (χ3n) is 5.47. The van der Waals surface area contributed by atoms with Crippen LogP contribution >= 0.6 is 0 Å². The van der Waals surface area contributed by atoms with Crippen molar-refractivity contribution < 1.29 is 9.53 Å². The van der Waals surface area contributed by atoms with Crippen molar-refractivity contribution in [1.29, 1.82) is 5.26 Å². The van der Waals surface area contributed by atoms with Gasteiger partial charge in [0.2, 0.25) is 0 Å². The molecule has 0 aromatic heterocycles. The second-order valence-corrected chi connectivity index (χ2v) is 6.52. The summed E-state index contributed by atoms with van der Waals surface area (Å²) in [6.45, 7) is 6.64. The van der Waals surface area contributed by atoms with Crippen molar-refractivity contribution in [3.8, 4) is 6.07 Å². The first kappa shape index (κ1) is 11.9. The first-order valence-corrected chi connectivity index (χ1v) is 6.78. The fourth-order valence-electron chi connectivity index (χ4n) is 4.60. The van der Waals surface area contributed by atoms with Gasteiger partial charge in [0, 0.05) is 11.5 Å². The molecule has 2 aliphatic heterocycles. The lowest BCUT2D eigenvalue weighted by Crippen LogP contribution is -2.49. The van der Waals surface area contributed by atoms with Crippen LogP contribution in [0, 0.1) is 28.6 Å². The van der Waals surface area contributed by atoms with E-state index in [4.69, 9.17) is 10.00 Å². The number of carbonyl (C=O) groups is 1. The van der Waals surface area contributed by atoms with Crippen LogP contribution in [0.25, 0.3) is 0 Å². The van der Waals surface area contributed by atoms with Crippen LogP contribution in [0.5, 0.6) is 0 Å². The Bertz CT molecular complexity index is 487. The second-order valence-electron chi connectivity index (χ2n) is 6.52. The SMILES string of the molecule is CC(C)[C@H]1CC[C@]23O[C@H](C[C@]12C)C(C#N)=CC3=O. The minimum absolute atomic E-state index is 0.0263. The van der Waals surface area contributed by atoms with Crippen LogP contribution in [-0.4, -0.2) is 17.5 Å². The first-order chi connectivity index (χ1) is 8.44. The molecule has 0 N–H and O–H groups in total. The highest BCUT2D eigenvalue weighted by Gasteiger charge is 2.69. The molecule has 1 saturated heterocycles. The summed E-state index contributed by atoms with van der Waals surface area (Å²) >= 11 is 0. The Morgan fingerprint density at radius 3 is 2.89 bits per heavy atom. The third kappa shape index (κ3) is 1.15. The number of carbonyl (C=O) groups excluding carboxylic acids is 1. The molecular formula is C15H19NO2. The summed E-state index contributed by atoms with van der Waals surface area (Å²) in [4.78, 5) is 12.4. The molecule has 2 bridgehead atoms. The monoisotopic (exact) mass is 245 g/mol. The fraction of sp³-hybridized carbons (Fsp3) is 0.733. The number of nitriles is 1. The Morgan fingerprint density at radius 1 is 1.56 bits per heavy atom. The number of fused-ring (bicyclic) bond motifs is 1. The largest absolute Gasteiger partial charge is 0.358 e. The molecule has 2 heterocycles. The van der Waals surface area contributed by atoms with Gasteiger partial charge in [0.1, 0.15) is 5.60 Å². The molecule has 3 nitrogen and oxygen atoms in total. The van der Waals surface area contributed by atoms with E-state index in [1.54, 1.807) is 6.08 Å². The van der Waals surface area contributed by atoms with Crippen molar-refractivity contribution in [1.82, 2.24) is 0 Å². The van der Waals surface area contributed by atoms with Crippen LogP contribution in [0.3, 0.4) is 0 Å². The molecule has 3 aliphatic rings. The molecule has 0 aromatic rings. The molecule has 3 rings (SSSR count). The molecule has 1 aliphatic carbocycles. The first-order valence-electron chi connectivity index (χ1n) is 6.78. The summed E-state index contributed by atoms with van der Waals surface area (Å²) in [5.41, 5.74) is -0.214. The molecule has 0 amide bonds. The number of ether oxygens (including phenoxy) is 1. The molecule has 4 atom stereocenters. The van der Waals surface area contributed by atoms with Gasteiger partial charge in [-0.2, -0.15) is 5.26 Å². The molecule has 0 radical (unpaired) electrons. The quantitative estimate of drug-likeness (QED) is 0.713. The molecule has 18 heavy (non-hydrogen) atoms. The van der Waals surface area contributed by atoms with Gasteiger partial charge in [-0.15, -0.1) is 0 Å². The van der Waals surface area contributed by atoms with Gasteiger partial charge in [-0.1, -0.05) is 20.8 Å². The zero-order chi connectivity index (χ0) is 13.1. The molecule has 1 spiro atoms. The lowest BCUT2D eigenvalue weighted by molar-refractivity contribution is -0.147. The molecule has 0 unspecified atom stereocenters. The van der Waals surface area contributed by atoms with E-state index in [-0.39, 0.29) is 17.3 Å². The van der Waals surface area contributed by atoms with Crippen LogP contribution in [0.2, 0.25) is 0 Å². The second kappa shape index (κ2) is 3.45. The maximum atomic E-state index is 12.4. The van der Waals surface area contributed by atoms with Gasteiger partial charge >= 0.3 is 0 Å². The minimum atomic E-state index is -0.632. The molecular weight excluding hydrogens is 226 g/mol. The molecule has 2 fully saturated rings. The van der Waals surface area contributed by atoms with E-state index >= 15 is 0 Å². The van der Waals surface area contributed by atoms with E-state index in [0.29, 0.717) is 17.4 Å². The highest BCUT2D eigenvalue weighted by atomic mass is 16.5. The summed E-state index contributed by atoms with van der Waals surface area (Å²) < 4.78 is 6.07.